The number of hydrogen-bond donors (Lipinski definition) is 1. The summed E-state index contributed by atoms with van der Waals surface area (Å²) in [5.74, 6) is 2.99. The number of rotatable bonds is 2. The summed E-state index contributed by atoms with van der Waals surface area (Å²) in [6.45, 7) is 12.0. The molecule has 1 unspecified atom stereocenters. The molecule has 1 N–H and O–H groups in total. The third kappa shape index (κ3) is 2.89. The van der Waals surface area contributed by atoms with Crippen LogP contribution in [0.1, 0.15) is 58.3 Å². The molecule has 1 aromatic heterocycles. The summed E-state index contributed by atoms with van der Waals surface area (Å²) < 4.78 is 0. The molecule has 4 nitrogen and oxygen atoms in total. The average molecular weight is 276 g/mol. The van der Waals surface area contributed by atoms with Crippen molar-refractivity contribution in [3.8, 4) is 0 Å². The Kier molecular flexibility index (Phi) is 4.21. The molecule has 1 aliphatic rings. The van der Waals surface area contributed by atoms with Crippen molar-refractivity contribution in [2.75, 3.05) is 23.8 Å². The lowest BCUT2D eigenvalue weighted by Gasteiger charge is -2.36. The van der Waals surface area contributed by atoms with Crippen LogP contribution in [0.15, 0.2) is 0 Å². The third-order valence-electron chi connectivity index (χ3n) is 4.10. The van der Waals surface area contributed by atoms with Crippen LogP contribution in [0.5, 0.6) is 0 Å². The van der Waals surface area contributed by atoms with Gasteiger partial charge < -0.3 is 10.2 Å². The molecule has 4 heteroatoms. The van der Waals surface area contributed by atoms with Gasteiger partial charge in [0, 0.05) is 30.6 Å². The zero-order chi connectivity index (χ0) is 14.9. The van der Waals surface area contributed by atoms with Crippen molar-refractivity contribution in [1.29, 1.82) is 0 Å². The molecule has 2 rings (SSSR count). The molecule has 2 heterocycles. The van der Waals surface area contributed by atoms with Crippen molar-refractivity contribution < 1.29 is 0 Å². The summed E-state index contributed by atoms with van der Waals surface area (Å²) >= 11 is 0. The van der Waals surface area contributed by atoms with Gasteiger partial charge in [-0.25, -0.2) is 9.97 Å². The summed E-state index contributed by atoms with van der Waals surface area (Å²) in [5.41, 5.74) is 1.13. The summed E-state index contributed by atoms with van der Waals surface area (Å²) in [5, 5.41) is 3.22. The molecule has 0 saturated carbocycles. The molecular formula is C16H28N4. The van der Waals surface area contributed by atoms with Crippen LogP contribution in [0.4, 0.5) is 11.6 Å². The largest absolute Gasteiger partial charge is 0.373 e. The van der Waals surface area contributed by atoms with Gasteiger partial charge >= 0.3 is 0 Å². The highest BCUT2D eigenvalue weighted by Crippen LogP contribution is 2.31. The molecule has 1 aliphatic heterocycles. The predicted molar refractivity (Wildman–Crippen MR) is 85.7 cm³/mol. The lowest BCUT2D eigenvalue weighted by Crippen LogP contribution is -2.39. The molecule has 0 amide bonds. The molecule has 0 aliphatic carbocycles. The molecule has 0 aromatic carbocycles. The van der Waals surface area contributed by atoms with Gasteiger partial charge in [0.1, 0.15) is 17.5 Å². The molecule has 0 spiro atoms. The van der Waals surface area contributed by atoms with E-state index < -0.39 is 0 Å². The molecular weight excluding hydrogens is 248 g/mol. The summed E-state index contributed by atoms with van der Waals surface area (Å²) in [4.78, 5) is 12.0. The van der Waals surface area contributed by atoms with Gasteiger partial charge in [-0.1, -0.05) is 20.8 Å². The molecule has 1 aromatic rings. The van der Waals surface area contributed by atoms with Gasteiger partial charge in [0.05, 0.1) is 0 Å². The van der Waals surface area contributed by atoms with Gasteiger partial charge in [0.2, 0.25) is 0 Å². The smallest absolute Gasteiger partial charge is 0.138 e. The number of piperidine rings is 1. The molecule has 0 bridgehead atoms. The van der Waals surface area contributed by atoms with Crippen LogP contribution < -0.4 is 10.2 Å². The Morgan fingerprint density at radius 1 is 1.20 bits per heavy atom. The predicted octanol–water partition coefficient (Wildman–Crippen LogP) is 3.50. The third-order valence-corrected chi connectivity index (χ3v) is 4.10. The topological polar surface area (TPSA) is 41.1 Å². The van der Waals surface area contributed by atoms with E-state index in [1.54, 1.807) is 0 Å². The first-order valence-electron chi connectivity index (χ1n) is 7.68. The van der Waals surface area contributed by atoms with E-state index in [0.717, 1.165) is 29.6 Å². The first-order chi connectivity index (χ1) is 9.34. The standard InChI is InChI=1S/C16H28N4/c1-11-9-7-8-10-20(11)14-12(2)13(17-6)18-15(19-14)16(3,4)5/h11H,7-10H2,1-6H3,(H,17,18,19). The number of aromatic nitrogens is 2. The number of nitrogens with one attached hydrogen (secondary N) is 1. The van der Waals surface area contributed by atoms with Crippen molar-refractivity contribution in [3.05, 3.63) is 11.4 Å². The van der Waals surface area contributed by atoms with Crippen LogP contribution in [0.25, 0.3) is 0 Å². The van der Waals surface area contributed by atoms with E-state index in [0.29, 0.717) is 6.04 Å². The Hall–Kier alpha value is -1.32. The highest BCUT2D eigenvalue weighted by Gasteiger charge is 2.26. The second-order valence-electron chi connectivity index (χ2n) is 6.88. The SMILES string of the molecule is CNc1nc(C(C)(C)C)nc(N2CCCCC2C)c1C. The maximum absolute atomic E-state index is 4.90. The highest BCUT2D eigenvalue weighted by atomic mass is 15.2. The van der Waals surface area contributed by atoms with E-state index in [-0.39, 0.29) is 5.41 Å². The first kappa shape index (κ1) is 15.1. The van der Waals surface area contributed by atoms with Crippen molar-refractivity contribution in [1.82, 2.24) is 9.97 Å². The van der Waals surface area contributed by atoms with Crippen LogP contribution in [0, 0.1) is 6.92 Å². The average Bonchev–Trinajstić information content (AvgIpc) is 2.38. The van der Waals surface area contributed by atoms with Gasteiger partial charge in [0.25, 0.3) is 0 Å². The number of nitrogens with zero attached hydrogens (tertiary/aromatic N) is 3. The van der Waals surface area contributed by atoms with Crippen LogP contribution in [0.2, 0.25) is 0 Å². The van der Waals surface area contributed by atoms with E-state index in [1.807, 2.05) is 7.05 Å². The second-order valence-corrected chi connectivity index (χ2v) is 6.88. The molecule has 112 valence electrons. The highest BCUT2D eigenvalue weighted by molar-refractivity contribution is 5.59. The van der Waals surface area contributed by atoms with Gasteiger partial charge in [-0.15, -0.1) is 0 Å². The van der Waals surface area contributed by atoms with Crippen LogP contribution in [-0.4, -0.2) is 29.6 Å². The summed E-state index contributed by atoms with van der Waals surface area (Å²) in [6, 6.07) is 0.565. The van der Waals surface area contributed by atoms with E-state index in [4.69, 9.17) is 9.97 Å². The number of hydrogen-bond acceptors (Lipinski definition) is 4. The zero-order valence-corrected chi connectivity index (χ0v) is 13.7. The van der Waals surface area contributed by atoms with Gasteiger partial charge in [-0.05, 0) is 33.1 Å². The van der Waals surface area contributed by atoms with Gasteiger partial charge in [0.15, 0.2) is 0 Å². The molecule has 1 saturated heterocycles. The van der Waals surface area contributed by atoms with Crippen LogP contribution in [-0.2, 0) is 5.41 Å². The lowest BCUT2D eigenvalue weighted by molar-refractivity contribution is 0.475. The summed E-state index contributed by atoms with van der Waals surface area (Å²) in [6.07, 6.45) is 3.84. The Morgan fingerprint density at radius 3 is 2.45 bits per heavy atom. The Balaban J connectivity index is 2.50. The maximum Gasteiger partial charge on any atom is 0.138 e. The fourth-order valence-corrected chi connectivity index (χ4v) is 2.78. The van der Waals surface area contributed by atoms with Crippen LogP contribution in [0.3, 0.4) is 0 Å². The fraction of sp³-hybridized carbons (Fsp3) is 0.750. The van der Waals surface area contributed by atoms with E-state index in [1.165, 1.54) is 19.3 Å². The lowest BCUT2D eigenvalue weighted by atomic mass is 9.95. The minimum Gasteiger partial charge on any atom is -0.373 e. The molecule has 1 atom stereocenters. The Bertz CT molecular complexity index is 476. The van der Waals surface area contributed by atoms with E-state index in [9.17, 15) is 0 Å². The quantitative estimate of drug-likeness (QED) is 0.897. The molecule has 1 fully saturated rings. The number of anilines is 2. The molecule has 20 heavy (non-hydrogen) atoms. The van der Waals surface area contributed by atoms with Gasteiger partial charge in [-0.3, -0.25) is 0 Å². The van der Waals surface area contributed by atoms with E-state index >= 15 is 0 Å². The minimum atomic E-state index is -0.0346. The van der Waals surface area contributed by atoms with Gasteiger partial charge in [-0.2, -0.15) is 0 Å². The summed E-state index contributed by atoms with van der Waals surface area (Å²) in [7, 11) is 1.94. The van der Waals surface area contributed by atoms with Crippen molar-refractivity contribution >= 4 is 11.6 Å². The zero-order valence-electron chi connectivity index (χ0n) is 13.7. The van der Waals surface area contributed by atoms with Crippen molar-refractivity contribution in [3.63, 3.8) is 0 Å². The van der Waals surface area contributed by atoms with Crippen molar-refractivity contribution in [2.45, 2.75) is 65.3 Å². The Morgan fingerprint density at radius 2 is 1.90 bits per heavy atom. The minimum absolute atomic E-state index is 0.0346. The normalized spacial score (nSPS) is 20.1. The van der Waals surface area contributed by atoms with E-state index in [2.05, 4.69) is 44.8 Å². The first-order valence-corrected chi connectivity index (χ1v) is 7.68. The maximum atomic E-state index is 4.90. The second kappa shape index (κ2) is 5.58. The molecule has 0 radical (unpaired) electrons. The van der Waals surface area contributed by atoms with Crippen molar-refractivity contribution in [2.24, 2.45) is 0 Å². The Labute approximate surface area is 123 Å². The van der Waals surface area contributed by atoms with Crippen LogP contribution >= 0.6 is 0 Å². The monoisotopic (exact) mass is 276 g/mol. The fourth-order valence-electron chi connectivity index (χ4n) is 2.78.